The van der Waals surface area contributed by atoms with E-state index in [1.165, 1.54) is 0 Å². The number of primary amides is 1. The minimum atomic E-state index is -1.07. The highest BCUT2D eigenvalue weighted by atomic mass is 16.2. The molecule has 0 spiro atoms. The van der Waals surface area contributed by atoms with Crippen molar-refractivity contribution in [3.63, 3.8) is 0 Å². The number of nitrogens with zero attached hydrogens (tertiary/aromatic N) is 1. The Labute approximate surface area is 164 Å². The maximum Gasteiger partial charge on any atom is 0.243 e. The Balaban J connectivity index is 2.88. The first-order chi connectivity index (χ1) is 13.2. The molecule has 1 aromatic rings. The lowest BCUT2D eigenvalue weighted by Crippen LogP contribution is -2.54. The third-order valence-electron chi connectivity index (χ3n) is 3.89. The van der Waals surface area contributed by atoms with E-state index in [-0.39, 0.29) is 31.7 Å². The molecule has 28 heavy (non-hydrogen) atoms. The van der Waals surface area contributed by atoms with E-state index in [0.29, 0.717) is 6.21 Å². The molecular formula is C19H27N5O4. The van der Waals surface area contributed by atoms with Gasteiger partial charge in [0, 0.05) is 12.8 Å². The maximum absolute atomic E-state index is 12.7. The molecule has 0 saturated heterocycles. The van der Waals surface area contributed by atoms with Crippen molar-refractivity contribution in [3.8, 4) is 0 Å². The van der Waals surface area contributed by atoms with Crippen LogP contribution in [-0.2, 0) is 25.6 Å². The number of nitrogens with two attached hydrogens (primary N) is 1. The van der Waals surface area contributed by atoms with E-state index in [0.717, 1.165) is 5.56 Å². The lowest BCUT2D eigenvalue weighted by Gasteiger charge is -2.22. The summed E-state index contributed by atoms with van der Waals surface area (Å²) in [5, 5.41) is 12.1. The molecule has 1 aromatic carbocycles. The molecule has 0 radical (unpaired) electrons. The van der Waals surface area contributed by atoms with Gasteiger partial charge in [0.2, 0.25) is 17.7 Å². The SMILES string of the molecule is CN(C)CC(=O)N[C@@H](Cc1ccccc1)C(=O)N[C@@H](CCC(=O)C=N)C(N)=O. The molecule has 0 fully saturated rings. The van der Waals surface area contributed by atoms with Crippen molar-refractivity contribution in [1.29, 1.82) is 5.41 Å². The summed E-state index contributed by atoms with van der Waals surface area (Å²) in [6.45, 7) is 0.103. The zero-order chi connectivity index (χ0) is 21.1. The van der Waals surface area contributed by atoms with Gasteiger partial charge in [0.1, 0.15) is 12.1 Å². The van der Waals surface area contributed by atoms with Crippen LogP contribution >= 0.6 is 0 Å². The number of rotatable bonds is 12. The van der Waals surface area contributed by atoms with Gasteiger partial charge in [-0.2, -0.15) is 0 Å². The van der Waals surface area contributed by atoms with Crippen LogP contribution in [-0.4, -0.2) is 67.3 Å². The molecule has 1 rings (SSSR count). The lowest BCUT2D eigenvalue weighted by atomic mass is 10.0. The molecule has 0 aromatic heterocycles. The molecule has 0 heterocycles. The largest absolute Gasteiger partial charge is 0.368 e. The molecule has 2 atom stereocenters. The molecule has 0 unspecified atom stereocenters. The summed E-state index contributed by atoms with van der Waals surface area (Å²) in [6, 6.07) is 7.16. The van der Waals surface area contributed by atoms with Crippen molar-refractivity contribution >= 4 is 29.7 Å². The summed E-state index contributed by atoms with van der Waals surface area (Å²) in [7, 11) is 3.46. The molecule has 0 aliphatic heterocycles. The fourth-order valence-corrected chi connectivity index (χ4v) is 2.50. The molecule has 152 valence electrons. The number of carbonyl (C=O) groups is 4. The van der Waals surface area contributed by atoms with Gasteiger partial charge >= 0.3 is 0 Å². The first-order valence-electron chi connectivity index (χ1n) is 8.84. The topological polar surface area (TPSA) is 145 Å². The monoisotopic (exact) mass is 389 g/mol. The molecule has 0 aliphatic rings. The van der Waals surface area contributed by atoms with E-state index in [2.05, 4.69) is 10.6 Å². The third kappa shape index (κ3) is 8.54. The fraction of sp³-hybridized carbons (Fsp3) is 0.421. The summed E-state index contributed by atoms with van der Waals surface area (Å²) in [6.07, 6.45) is 0.781. The van der Waals surface area contributed by atoms with Crippen LogP contribution in [0.3, 0.4) is 0 Å². The van der Waals surface area contributed by atoms with Crippen molar-refractivity contribution < 1.29 is 19.2 Å². The van der Waals surface area contributed by atoms with Gasteiger partial charge < -0.3 is 26.7 Å². The zero-order valence-corrected chi connectivity index (χ0v) is 16.1. The van der Waals surface area contributed by atoms with Gasteiger partial charge in [-0.15, -0.1) is 0 Å². The van der Waals surface area contributed by atoms with Crippen molar-refractivity contribution in [2.24, 2.45) is 5.73 Å². The Kier molecular flexibility index (Phi) is 9.52. The fourth-order valence-electron chi connectivity index (χ4n) is 2.50. The summed E-state index contributed by atoms with van der Waals surface area (Å²) < 4.78 is 0. The number of amides is 3. The van der Waals surface area contributed by atoms with Crippen LogP contribution in [0.4, 0.5) is 0 Å². The van der Waals surface area contributed by atoms with Gasteiger partial charge in [0.15, 0.2) is 5.78 Å². The zero-order valence-electron chi connectivity index (χ0n) is 16.1. The van der Waals surface area contributed by atoms with Crippen LogP contribution in [0.2, 0.25) is 0 Å². The number of nitrogens with one attached hydrogen (secondary N) is 3. The Morgan fingerprint density at radius 1 is 1.11 bits per heavy atom. The summed E-state index contributed by atoms with van der Waals surface area (Å²) in [5.41, 5.74) is 6.15. The molecule has 9 heteroatoms. The number of benzene rings is 1. The number of ketones is 1. The Morgan fingerprint density at radius 3 is 2.29 bits per heavy atom. The van der Waals surface area contributed by atoms with Gasteiger partial charge in [0.05, 0.1) is 12.8 Å². The van der Waals surface area contributed by atoms with Crippen LogP contribution in [0.25, 0.3) is 0 Å². The van der Waals surface area contributed by atoms with Crippen LogP contribution in [0.5, 0.6) is 0 Å². The molecule has 5 N–H and O–H groups in total. The van der Waals surface area contributed by atoms with Crippen LogP contribution < -0.4 is 16.4 Å². The predicted octanol–water partition coefficient (Wildman–Crippen LogP) is -0.756. The van der Waals surface area contributed by atoms with Crippen LogP contribution in [0.1, 0.15) is 18.4 Å². The first-order valence-corrected chi connectivity index (χ1v) is 8.84. The highest BCUT2D eigenvalue weighted by Crippen LogP contribution is 2.05. The van der Waals surface area contributed by atoms with Gasteiger partial charge in [-0.1, -0.05) is 30.3 Å². The second-order valence-electron chi connectivity index (χ2n) is 6.66. The predicted molar refractivity (Wildman–Crippen MR) is 105 cm³/mol. The van der Waals surface area contributed by atoms with Crippen molar-refractivity contribution in [3.05, 3.63) is 35.9 Å². The van der Waals surface area contributed by atoms with Crippen LogP contribution in [0.15, 0.2) is 30.3 Å². The van der Waals surface area contributed by atoms with E-state index in [4.69, 9.17) is 11.1 Å². The smallest absolute Gasteiger partial charge is 0.243 e. The molecule has 0 aliphatic carbocycles. The van der Waals surface area contributed by atoms with E-state index in [1.54, 1.807) is 19.0 Å². The minimum Gasteiger partial charge on any atom is -0.368 e. The molecule has 3 amide bonds. The minimum absolute atomic E-state index is 0.0149. The van der Waals surface area contributed by atoms with Crippen molar-refractivity contribution in [2.75, 3.05) is 20.6 Å². The Bertz CT molecular complexity index is 706. The maximum atomic E-state index is 12.7. The van der Waals surface area contributed by atoms with Crippen LogP contribution in [0, 0.1) is 5.41 Å². The Morgan fingerprint density at radius 2 is 1.75 bits per heavy atom. The molecular weight excluding hydrogens is 362 g/mol. The highest BCUT2D eigenvalue weighted by molar-refractivity contribution is 6.26. The lowest BCUT2D eigenvalue weighted by molar-refractivity contribution is -0.131. The quantitative estimate of drug-likeness (QED) is 0.347. The van der Waals surface area contributed by atoms with E-state index in [9.17, 15) is 19.2 Å². The van der Waals surface area contributed by atoms with Gasteiger partial charge in [-0.05, 0) is 26.1 Å². The number of carbonyl (C=O) groups excluding carboxylic acids is 4. The Hall–Kier alpha value is -3.07. The second kappa shape index (κ2) is 11.6. The second-order valence-corrected chi connectivity index (χ2v) is 6.66. The summed E-state index contributed by atoms with van der Waals surface area (Å²) >= 11 is 0. The normalized spacial score (nSPS) is 12.7. The highest BCUT2D eigenvalue weighted by Gasteiger charge is 2.26. The number of hydrogen-bond donors (Lipinski definition) is 4. The third-order valence-corrected chi connectivity index (χ3v) is 3.89. The number of Topliss-reactive ketones (excluding diaryl/α,β-unsaturated/α-hetero) is 1. The molecule has 9 nitrogen and oxygen atoms in total. The van der Waals surface area contributed by atoms with E-state index in [1.807, 2.05) is 30.3 Å². The van der Waals surface area contributed by atoms with Gasteiger partial charge in [-0.25, -0.2) is 0 Å². The first kappa shape index (κ1) is 23.0. The number of hydrogen-bond acceptors (Lipinski definition) is 6. The van der Waals surface area contributed by atoms with Gasteiger partial charge in [-0.3, -0.25) is 19.2 Å². The van der Waals surface area contributed by atoms with Gasteiger partial charge in [0.25, 0.3) is 0 Å². The number of likely N-dealkylation sites (N-methyl/N-ethyl adjacent to an activating group) is 1. The average molecular weight is 389 g/mol. The van der Waals surface area contributed by atoms with Crippen molar-refractivity contribution in [1.82, 2.24) is 15.5 Å². The summed E-state index contributed by atoms with van der Waals surface area (Å²) in [4.78, 5) is 49.4. The van der Waals surface area contributed by atoms with E-state index < -0.39 is 29.7 Å². The van der Waals surface area contributed by atoms with E-state index >= 15 is 0 Å². The molecule has 0 saturated carbocycles. The molecule has 0 bridgehead atoms. The van der Waals surface area contributed by atoms with Crippen molar-refractivity contribution in [2.45, 2.75) is 31.3 Å². The average Bonchev–Trinajstić information content (AvgIpc) is 2.63. The standard InChI is InChI=1S/C19H27N5O4/c1-24(2)12-17(26)22-16(10-13-6-4-3-5-7-13)19(28)23-15(18(21)27)9-8-14(25)11-20/h3-7,11,15-16,20H,8-10,12H2,1-2H3,(H2,21,27)(H,22,26)(H,23,28)/t15-,16-/m0/s1. The summed E-state index contributed by atoms with van der Waals surface area (Å²) in [5.74, 6) is -2.16.